The van der Waals surface area contributed by atoms with Gasteiger partial charge in [-0.3, -0.25) is 4.68 Å². The first kappa shape index (κ1) is 13.4. The first-order chi connectivity index (χ1) is 10.3. The zero-order chi connectivity index (χ0) is 14.5. The summed E-state index contributed by atoms with van der Waals surface area (Å²) < 4.78 is 7.38. The quantitative estimate of drug-likeness (QED) is 0.703. The maximum atomic E-state index is 5.65. The lowest BCUT2D eigenvalue weighted by atomic mass is 10.3. The highest BCUT2D eigenvalue weighted by Crippen LogP contribution is 2.17. The van der Waals surface area contributed by atoms with Gasteiger partial charge in [-0.1, -0.05) is 18.2 Å². The molecule has 0 atom stereocenters. The van der Waals surface area contributed by atoms with Crippen LogP contribution in [0, 0.1) is 0 Å². The fourth-order valence-electron chi connectivity index (χ4n) is 2.09. The molecule has 0 saturated heterocycles. The van der Waals surface area contributed by atoms with Gasteiger partial charge >= 0.3 is 0 Å². The van der Waals surface area contributed by atoms with Crippen LogP contribution >= 0.6 is 0 Å². The van der Waals surface area contributed by atoms with Crippen LogP contribution in [-0.4, -0.2) is 32.9 Å². The number of para-hydroxylation sites is 1. The lowest BCUT2D eigenvalue weighted by Crippen LogP contribution is -2.08. The Balaban J connectivity index is 1.51. The summed E-state index contributed by atoms with van der Waals surface area (Å²) in [5, 5.41) is 8.43. The Bertz CT molecular complexity index is 710. The standard InChI is InChI=1S/C15H17N5O/c1-20-15-13(10-19-20)14(17-11-18-15)16-8-5-9-21-12-6-3-2-4-7-12/h2-4,6-7,10-11H,5,8-9H2,1H3,(H,16,17,18). The molecule has 0 bridgehead atoms. The van der Waals surface area contributed by atoms with Gasteiger partial charge in [0, 0.05) is 13.6 Å². The third kappa shape index (κ3) is 3.10. The van der Waals surface area contributed by atoms with Crippen LogP contribution < -0.4 is 10.1 Å². The van der Waals surface area contributed by atoms with Gasteiger partial charge in [0.05, 0.1) is 18.2 Å². The topological polar surface area (TPSA) is 64.9 Å². The summed E-state index contributed by atoms with van der Waals surface area (Å²) >= 11 is 0. The van der Waals surface area contributed by atoms with Crippen LogP contribution in [0.3, 0.4) is 0 Å². The van der Waals surface area contributed by atoms with Crippen molar-refractivity contribution in [3.8, 4) is 5.75 Å². The monoisotopic (exact) mass is 283 g/mol. The maximum absolute atomic E-state index is 5.65. The first-order valence-electron chi connectivity index (χ1n) is 6.89. The van der Waals surface area contributed by atoms with E-state index in [1.54, 1.807) is 17.2 Å². The van der Waals surface area contributed by atoms with Crippen LogP contribution in [0.2, 0.25) is 0 Å². The van der Waals surface area contributed by atoms with E-state index in [4.69, 9.17) is 4.74 Å². The molecule has 21 heavy (non-hydrogen) atoms. The van der Waals surface area contributed by atoms with Gasteiger partial charge in [0.1, 0.15) is 17.9 Å². The van der Waals surface area contributed by atoms with Gasteiger partial charge in [-0.25, -0.2) is 9.97 Å². The molecule has 0 unspecified atom stereocenters. The summed E-state index contributed by atoms with van der Waals surface area (Å²) in [5.41, 5.74) is 0.827. The van der Waals surface area contributed by atoms with E-state index in [1.807, 2.05) is 37.4 Å². The number of hydrogen-bond donors (Lipinski definition) is 1. The third-order valence-electron chi connectivity index (χ3n) is 3.15. The number of aryl methyl sites for hydroxylation is 1. The SMILES string of the molecule is Cn1ncc2c(NCCCOc3ccccc3)ncnc21. The summed E-state index contributed by atoms with van der Waals surface area (Å²) in [5.74, 6) is 1.71. The molecule has 6 heteroatoms. The Kier molecular flexibility index (Phi) is 3.95. The van der Waals surface area contributed by atoms with Crippen molar-refractivity contribution >= 4 is 16.9 Å². The number of nitrogens with one attached hydrogen (secondary N) is 1. The van der Waals surface area contributed by atoms with Crippen molar-refractivity contribution in [3.05, 3.63) is 42.9 Å². The predicted molar refractivity (Wildman–Crippen MR) is 81.3 cm³/mol. The van der Waals surface area contributed by atoms with Gasteiger partial charge < -0.3 is 10.1 Å². The summed E-state index contributed by atoms with van der Waals surface area (Å²) in [6.07, 6.45) is 4.21. The van der Waals surface area contributed by atoms with Gasteiger partial charge in [0.2, 0.25) is 0 Å². The average molecular weight is 283 g/mol. The van der Waals surface area contributed by atoms with Crippen molar-refractivity contribution in [1.29, 1.82) is 0 Å². The molecule has 0 saturated carbocycles. The molecule has 3 aromatic rings. The van der Waals surface area contributed by atoms with E-state index < -0.39 is 0 Å². The molecule has 0 radical (unpaired) electrons. The Morgan fingerprint density at radius 1 is 1.19 bits per heavy atom. The first-order valence-corrected chi connectivity index (χ1v) is 6.89. The zero-order valence-electron chi connectivity index (χ0n) is 11.9. The number of ether oxygens (including phenoxy) is 1. The van der Waals surface area contributed by atoms with Crippen molar-refractivity contribution in [2.24, 2.45) is 7.05 Å². The molecule has 1 aromatic carbocycles. The fourth-order valence-corrected chi connectivity index (χ4v) is 2.09. The molecule has 0 spiro atoms. The fraction of sp³-hybridized carbons (Fsp3) is 0.267. The maximum Gasteiger partial charge on any atom is 0.163 e. The van der Waals surface area contributed by atoms with E-state index in [0.717, 1.165) is 35.6 Å². The highest BCUT2D eigenvalue weighted by molar-refractivity contribution is 5.85. The average Bonchev–Trinajstić information content (AvgIpc) is 2.90. The van der Waals surface area contributed by atoms with Crippen LogP contribution in [0.25, 0.3) is 11.0 Å². The van der Waals surface area contributed by atoms with E-state index >= 15 is 0 Å². The molecular weight excluding hydrogens is 266 g/mol. The van der Waals surface area contributed by atoms with Crippen molar-refractivity contribution in [3.63, 3.8) is 0 Å². The van der Waals surface area contributed by atoms with Crippen LogP contribution in [0.5, 0.6) is 5.75 Å². The second-order valence-corrected chi connectivity index (χ2v) is 4.67. The number of fused-ring (bicyclic) bond motifs is 1. The highest BCUT2D eigenvalue weighted by atomic mass is 16.5. The summed E-state index contributed by atoms with van der Waals surface area (Å²) in [7, 11) is 1.87. The molecule has 1 N–H and O–H groups in total. The number of benzene rings is 1. The molecule has 3 rings (SSSR count). The smallest absolute Gasteiger partial charge is 0.163 e. The van der Waals surface area contributed by atoms with Crippen molar-refractivity contribution < 1.29 is 4.74 Å². The second kappa shape index (κ2) is 6.21. The lowest BCUT2D eigenvalue weighted by Gasteiger charge is -2.08. The number of hydrogen-bond acceptors (Lipinski definition) is 5. The lowest BCUT2D eigenvalue weighted by molar-refractivity contribution is 0.315. The Morgan fingerprint density at radius 2 is 2.05 bits per heavy atom. The Hall–Kier alpha value is -2.63. The molecule has 2 aromatic heterocycles. The van der Waals surface area contributed by atoms with Crippen molar-refractivity contribution in [2.45, 2.75) is 6.42 Å². The Morgan fingerprint density at radius 3 is 2.90 bits per heavy atom. The normalized spacial score (nSPS) is 10.7. The largest absolute Gasteiger partial charge is 0.494 e. The van der Waals surface area contributed by atoms with E-state index in [9.17, 15) is 0 Å². The van der Waals surface area contributed by atoms with E-state index in [-0.39, 0.29) is 0 Å². The molecule has 2 heterocycles. The molecule has 0 aliphatic carbocycles. The number of rotatable bonds is 6. The minimum atomic E-state index is 0.665. The van der Waals surface area contributed by atoms with Crippen LogP contribution in [0.1, 0.15) is 6.42 Å². The van der Waals surface area contributed by atoms with Crippen LogP contribution in [-0.2, 0) is 7.05 Å². The zero-order valence-corrected chi connectivity index (χ0v) is 11.9. The molecule has 6 nitrogen and oxygen atoms in total. The van der Waals surface area contributed by atoms with E-state index in [0.29, 0.717) is 6.61 Å². The van der Waals surface area contributed by atoms with Crippen molar-refractivity contribution in [1.82, 2.24) is 19.7 Å². The van der Waals surface area contributed by atoms with E-state index in [2.05, 4.69) is 20.4 Å². The molecule has 0 aliphatic rings. The summed E-state index contributed by atoms with van der Waals surface area (Å²) in [4.78, 5) is 8.47. The van der Waals surface area contributed by atoms with Gasteiger partial charge in [-0.2, -0.15) is 5.10 Å². The third-order valence-corrected chi connectivity index (χ3v) is 3.15. The van der Waals surface area contributed by atoms with Gasteiger partial charge in [0.15, 0.2) is 5.65 Å². The molecule has 108 valence electrons. The Labute approximate surface area is 122 Å². The molecule has 0 amide bonds. The predicted octanol–water partition coefficient (Wildman–Crippen LogP) is 2.24. The molecule has 0 aliphatic heterocycles. The van der Waals surface area contributed by atoms with E-state index in [1.165, 1.54) is 0 Å². The minimum Gasteiger partial charge on any atom is -0.494 e. The van der Waals surface area contributed by atoms with Crippen LogP contribution in [0.4, 0.5) is 5.82 Å². The minimum absolute atomic E-state index is 0.665. The van der Waals surface area contributed by atoms with Gasteiger partial charge in [-0.05, 0) is 18.6 Å². The number of anilines is 1. The number of aromatic nitrogens is 4. The summed E-state index contributed by atoms with van der Waals surface area (Å²) in [6.45, 7) is 1.45. The highest BCUT2D eigenvalue weighted by Gasteiger charge is 2.06. The van der Waals surface area contributed by atoms with Gasteiger partial charge in [0.25, 0.3) is 0 Å². The molecular formula is C15H17N5O. The van der Waals surface area contributed by atoms with Crippen molar-refractivity contribution in [2.75, 3.05) is 18.5 Å². The number of nitrogens with zero attached hydrogens (tertiary/aromatic N) is 4. The molecule has 0 fully saturated rings. The second-order valence-electron chi connectivity index (χ2n) is 4.67. The van der Waals surface area contributed by atoms with Crippen LogP contribution in [0.15, 0.2) is 42.9 Å². The summed E-state index contributed by atoms with van der Waals surface area (Å²) in [6, 6.07) is 9.82. The van der Waals surface area contributed by atoms with Gasteiger partial charge in [-0.15, -0.1) is 0 Å².